The van der Waals surface area contributed by atoms with Crippen LogP contribution in [0.2, 0.25) is 0 Å². The first-order chi connectivity index (χ1) is 20.4. The normalized spacial score (nSPS) is 43.4. The van der Waals surface area contributed by atoms with Crippen molar-refractivity contribution in [2.75, 3.05) is 12.9 Å². The zero-order valence-corrected chi connectivity index (χ0v) is 28.5. The number of methoxy groups -OCH3 is 1. The number of fused-ring (bicyclic) bond motifs is 6. The van der Waals surface area contributed by atoms with Gasteiger partial charge in [-0.3, -0.25) is 0 Å². The van der Waals surface area contributed by atoms with Crippen LogP contribution in [0.15, 0.2) is 35.2 Å². The van der Waals surface area contributed by atoms with Crippen molar-refractivity contribution in [3.63, 3.8) is 0 Å². The lowest BCUT2D eigenvalue weighted by atomic mass is 9.43. The van der Waals surface area contributed by atoms with Crippen LogP contribution in [0.5, 0.6) is 0 Å². The number of benzene rings is 1. The third kappa shape index (κ3) is 5.67. The summed E-state index contributed by atoms with van der Waals surface area (Å²) in [6.45, 7) is 12.5. The lowest BCUT2D eigenvalue weighted by Gasteiger charge is -2.64. The van der Waals surface area contributed by atoms with Gasteiger partial charge in [0.2, 0.25) is 5.79 Å². The summed E-state index contributed by atoms with van der Waals surface area (Å²) in [5.41, 5.74) is 0.729. The molecule has 4 aliphatic carbocycles. The molecule has 1 heterocycles. The van der Waals surface area contributed by atoms with E-state index in [0.29, 0.717) is 22.6 Å². The van der Waals surface area contributed by atoms with Crippen molar-refractivity contribution in [3.8, 4) is 0 Å². The lowest BCUT2D eigenvalue weighted by molar-refractivity contribution is -0.492. The summed E-state index contributed by atoms with van der Waals surface area (Å²) in [7, 11) is -1.72. The SMILES string of the molecule is CO[C@@]12C[C@@H]3CC[C@@H]4[C@H](CC[C@]5(C)[C@@H]([C@H](C)CCCC(C)C)CC[C@@H]45)[C@@]3(C)C[C@H]1C[C@H](CS(=O)(=O)c1ccccc1)OO2. The molecule has 0 N–H and O–H groups in total. The van der Waals surface area contributed by atoms with E-state index in [9.17, 15) is 8.42 Å². The fraction of sp³-hybridized carbons (Fsp3) is 0.838. The molecule has 1 aliphatic heterocycles. The largest absolute Gasteiger partial charge is 0.350 e. The number of hydrogen-bond acceptors (Lipinski definition) is 5. The van der Waals surface area contributed by atoms with Gasteiger partial charge >= 0.3 is 0 Å². The number of sulfone groups is 1. The van der Waals surface area contributed by atoms with Crippen LogP contribution in [0, 0.1) is 58.2 Å². The first-order valence-electron chi connectivity index (χ1n) is 17.6. The molecule has 43 heavy (non-hydrogen) atoms. The molecule has 0 aromatic heterocycles. The van der Waals surface area contributed by atoms with Crippen LogP contribution < -0.4 is 0 Å². The molecule has 1 saturated heterocycles. The van der Waals surface area contributed by atoms with Crippen LogP contribution in [0.4, 0.5) is 0 Å². The summed E-state index contributed by atoms with van der Waals surface area (Å²) >= 11 is 0. The van der Waals surface area contributed by atoms with Crippen LogP contribution in [0.3, 0.4) is 0 Å². The van der Waals surface area contributed by atoms with E-state index in [1.165, 1.54) is 57.8 Å². The van der Waals surface area contributed by atoms with E-state index in [1.54, 1.807) is 31.4 Å². The summed E-state index contributed by atoms with van der Waals surface area (Å²) in [6.07, 6.45) is 14.3. The van der Waals surface area contributed by atoms with Crippen molar-refractivity contribution in [2.24, 2.45) is 58.2 Å². The highest BCUT2D eigenvalue weighted by Gasteiger charge is 2.65. The fourth-order valence-corrected chi connectivity index (χ4v) is 13.1. The highest BCUT2D eigenvalue weighted by Crippen LogP contribution is 2.70. The average Bonchev–Trinajstić information content (AvgIpc) is 3.33. The fourth-order valence-electron chi connectivity index (χ4n) is 11.6. The molecular weight excluding hydrogens is 556 g/mol. The van der Waals surface area contributed by atoms with Gasteiger partial charge in [-0.1, -0.05) is 72.1 Å². The van der Waals surface area contributed by atoms with Gasteiger partial charge in [-0.25, -0.2) is 18.2 Å². The second-order valence-corrected chi connectivity index (χ2v) is 18.5. The Morgan fingerprint density at radius 1 is 0.907 bits per heavy atom. The van der Waals surface area contributed by atoms with Gasteiger partial charge in [0.15, 0.2) is 9.84 Å². The van der Waals surface area contributed by atoms with Gasteiger partial charge in [0.05, 0.1) is 10.6 Å². The van der Waals surface area contributed by atoms with Gasteiger partial charge in [0, 0.05) is 19.4 Å². The van der Waals surface area contributed by atoms with E-state index in [1.807, 2.05) is 6.07 Å². The molecule has 0 amide bonds. The molecule has 0 radical (unpaired) electrons. The van der Waals surface area contributed by atoms with Crippen LogP contribution in [-0.2, 0) is 24.3 Å². The molecule has 242 valence electrons. The maximum atomic E-state index is 13.2. The van der Waals surface area contributed by atoms with E-state index in [0.717, 1.165) is 48.3 Å². The molecule has 5 nitrogen and oxygen atoms in total. The van der Waals surface area contributed by atoms with Crippen molar-refractivity contribution >= 4 is 9.84 Å². The van der Waals surface area contributed by atoms with Crippen molar-refractivity contribution in [1.82, 2.24) is 0 Å². The number of ether oxygens (including phenoxy) is 1. The molecule has 11 atom stereocenters. The molecular formula is C37H58O5S. The van der Waals surface area contributed by atoms with E-state index in [2.05, 4.69) is 34.6 Å². The third-order valence-corrected chi connectivity index (χ3v) is 15.6. The predicted molar refractivity (Wildman–Crippen MR) is 171 cm³/mol. The van der Waals surface area contributed by atoms with Gasteiger partial charge in [0.1, 0.15) is 6.10 Å². The van der Waals surface area contributed by atoms with Gasteiger partial charge in [-0.15, -0.1) is 0 Å². The minimum absolute atomic E-state index is 0.0589. The van der Waals surface area contributed by atoms with Crippen molar-refractivity contribution in [1.29, 1.82) is 0 Å². The highest BCUT2D eigenvalue weighted by molar-refractivity contribution is 7.91. The van der Waals surface area contributed by atoms with Crippen molar-refractivity contribution in [3.05, 3.63) is 30.3 Å². The Bertz CT molecular complexity index is 1220. The van der Waals surface area contributed by atoms with Crippen molar-refractivity contribution in [2.45, 2.75) is 128 Å². The molecule has 5 aliphatic rings. The molecule has 0 unspecified atom stereocenters. The van der Waals surface area contributed by atoms with Gasteiger partial charge < -0.3 is 4.74 Å². The summed E-state index contributed by atoms with van der Waals surface area (Å²) < 4.78 is 32.6. The minimum Gasteiger partial charge on any atom is -0.350 e. The van der Waals surface area contributed by atoms with Gasteiger partial charge in [0.25, 0.3) is 0 Å². The van der Waals surface area contributed by atoms with Gasteiger partial charge in [-0.2, -0.15) is 0 Å². The Hall–Kier alpha value is -0.950. The monoisotopic (exact) mass is 614 g/mol. The summed E-state index contributed by atoms with van der Waals surface area (Å²) in [5, 5.41) is 0. The second-order valence-electron chi connectivity index (χ2n) is 16.4. The second kappa shape index (κ2) is 12.0. The predicted octanol–water partition coefficient (Wildman–Crippen LogP) is 8.87. The Balaban J connectivity index is 1.17. The highest BCUT2D eigenvalue weighted by atomic mass is 32.2. The summed E-state index contributed by atoms with van der Waals surface area (Å²) in [5.74, 6) is 4.78. The van der Waals surface area contributed by atoms with Gasteiger partial charge in [-0.05, 0) is 116 Å². The molecule has 1 aromatic rings. The van der Waals surface area contributed by atoms with E-state index < -0.39 is 21.7 Å². The minimum atomic E-state index is -3.47. The molecule has 1 aromatic carbocycles. The zero-order chi connectivity index (χ0) is 30.6. The maximum Gasteiger partial charge on any atom is 0.204 e. The van der Waals surface area contributed by atoms with E-state index >= 15 is 0 Å². The van der Waals surface area contributed by atoms with E-state index in [4.69, 9.17) is 14.5 Å². The van der Waals surface area contributed by atoms with Crippen LogP contribution in [0.25, 0.3) is 0 Å². The Kier molecular flexibility index (Phi) is 8.94. The smallest absolute Gasteiger partial charge is 0.204 e. The van der Waals surface area contributed by atoms with Crippen LogP contribution in [0.1, 0.15) is 112 Å². The number of hydrogen-bond donors (Lipinski definition) is 0. The van der Waals surface area contributed by atoms with Crippen LogP contribution in [-0.4, -0.2) is 33.2 Å². The topological polar surface area (TPSA) is 61.8 Å². The molecule has 6 rings (SSSR count). The summed E-state index contributed by atoms with van der Waals surface area (Å²) in [6, 6.07) is 8.74. The Labute approximate surface area is 262 Å². The average molecular weight is 615 g/mol. The maximum absolute atomic E-state index is 13.2. The van der Waals surface area contributed by atoms with Crippen LogP contribution >= 0.6 is 0 Å². The molecule has 0 bridgehead atoms. The number of rotatable bonds is 9. The lowest BCUT2D eigenvalue weighted by Crippen LogP contribution is -2.62. The van der Waals surface area contributed by atoms with Crippen molar-refractivity contribution < 1.29 is 22.9 Å². The third-order valence-electron chi connectivity index (χ3n) is 13.8. The quantitative estimate of drug-likeness (QED) is 0.260. The molecule has 4 saturated carbocycles. The standard InChI is InChI=1S/C37H58O5S/c1-25(2)11-10-12-26(3)32-17-18-33-31-16-15-27-23-37(40-6)28(22-36(27,5)34(31)19-20-35(32,33)4)21-29(41-42-37)24-43(38,39)30-13-8-7-9-14-30/h7-9,13-14,25-29,31-34H,10-12,15-24H2,1-6H3/t26-,27+,28-,29-,31+,32-,33+,34+,35-,36+,37-/m1/s1. The first-order valence-corrected chi connectivity index (χ1v) is 19.2. The van der Waals surface area contributed by atoms with E-state index in [-0.39, 0.29) is 17.1 Å². The first kappa shape index (κ1) is 32.0. The summed E-state index contributed by atoms with van der Waals surface area (Å²) in [4.78, 5) is 12.3. The molecule has 0 spiro atoms. The molecule has 5 fully saturated rings. The Morgan fingerprint density at radius 3 is 2.37 bits per heavy atom. The Morgan fingerprint density at radius 2 is 1.65 bits per heavy atom. The zero-order valence-electron chi connectivity index (χ0n) is 27.7. The molecule has 6 heteroatoms.